The quantitative estimate of drug-likeness (QED) is 0.375. The zero-order chi connectivity index (χ0) is 22.9. The first-order valence-electron chi connectivity index (χ1n) is 10.6. The number of carboxylic acid groups (broad SMARTS) is 1. The number of benzene rings is 1. The number of aryl methyl sites for hydroxylation is 1. The Morgan fingerprint density at radius 2 is 1.55 bits per heavy atom. The highest BCUT2D eigenvalue weighted by Gasteiger charge is 2.13. The van der Waals surface area contributed by atoms with Gasteiger partial charge in [-0.3, -0.25) is 19.4 Å². The van der Waals surface area contributed by atoms with Gasteiger partial charge in [-0.1, -0.05) is 24.3 Å². The number of ether oxygens (including phenoxy) is 2. The summed E-state index contributed by atoms with van der Waals surface area (Å²) in [6, 6.07) is 15.4. The van der Waals surface area contributed by atoms with Crippen LogP contribution in [0.15, 0.2) is 79.5 Å². The molecule has 0 spiro atoms. The predicted molar refractivity (Wildman–Crippen MR) is 121 cm³/mol. The third-order valence-corrected chi connectivity index (χ3v) is 4.90. The highest BCUT2D eigenvalue weighted by molar-refractivity contribution is 5.67. The smallest absolute Gasteiger partial charge is 0.303 e. The first-order chi connectivity index (χ1) is 16.2. The van der Waals surface area contributed by atoms with Crippen LogP contribution in [0.3, 0.4) is 0 Å². The fraction of sp³-hybridized carbons (Fsp3) is 0.200. The molecular weight excluding hydrogens is 420 g/mol. The molecule has 0 radical (unpaired) electrons. The lowest BCUT2D eigenvalue weighted by atomic mass is 10.2. The van der Waals surface area contributed by atoms with E-state index in [0.717, 1.165) is 28.0 Å². The molecule has 0 amide bonds. The molecule has 0 atom stereocenters. The first kappa shape index (κ1) is 22.0. The molecule has 0 aliphatic carbocycles. The van der Waals surface area contributed by atoms with Gasteiger partial charge in [-0.15, -0.1) is 5.10 Å². The molecule has 4 rings (SSSR count). The minimum absolute atomic E-state index is 0.0118. The summed E-state index contributed by atoms with van der Waals surface area (Å²) in [5.41, 5.74) is 3.72. The van der Waals surface area contributed by atoms with Crippen LogP contribution in [0.1, 0.15) is 28.7 Å². The summed E-state index contributed by atoms with van der Waals surface area (Å²) in [6.07, 6.45) is 9.14. The van der Waals surface area contributed by atoms with E-state index < -0.39 is 5.97 Å². The number of hydrogen-bond acceptors (Lipinski definition) is 6. The van der Waals surface area contributed by atoms with Crippen LogP contribution in [0, 0.1) is 0 Å². The lowest BCUT2D eigenvalue weighted by Gasteiger charge is -2.07. The number of aliphatic carboxylic acids is 1. The Labute approximate surface area is 191 Å². The average molecular weight is 444 g/mol. The largest absolute Gasteiger partial charge is 0.489 e. The SMILES string of the molecule is O=C(O)CCc1cn(Cc2ccc(OCc3cccnc3)cc2)nc1OCc1cccnc1. The fourth-order valence-corrected chi connectivity index (χ4v) is 3.22. The van der Waals surface area contributed by atoms with E-state index in [1.54, 1.807) is 29.5 Å². The molecule has 0 fully saturated rings. The molecule has 0 aliphatic heterocycles. The van der Waals surface area contributed by atoms with E-state index in [9.17, 15) is 4.79 Å². The molecular formula is C25H24N4O4. The van der Waals surface area contributed by atoms with Crippen LogP contribution >= 0.6 is 0 Å². The van der Waals surface area contributed by atoms with Crippen molar-refractivity contribution in [1.82, 2.24) is 19.7 Å². The van der Waals surface area contributed by atoms with Crippen LogP contribution in [-0.4, -0.2) is 30.8 Å². The molecule has 3 heterocycles. The fourth-order valence-electron chi connectivity index (χ4n) is 3.22. The predicted octanol–water partition coefficient (Wildman–Crippen LogP) is 3.90. The number of pyridine rings is 2. The van der Waals surface area contributed by atoms with Gasteiger partial charge >= 0.3 is 5.97 Å². The van der Waals surface area contributed by atoms with E-state index in [2.05, 4.69) is 15.1 Å². The Kier molecular flexibility index (Phi) is 7.27. The van der Waals surface area contributed by atoms with E-state index in [-0.39, 0.29) is 6.42 Å². The Bertz CT molecular complexity index is 1160. The number of aromatic nitrogens is 4. The second-order valence-corrected chi connectivity index (χ2v) is 7.49. The van der Waals surface area contributed by atoms with Crippen LogP contribution in [0.2, 0.25) is 0 Å². The lowest BCUT2D eigenvalue weighted by Crippen LogP contribution is -2.02. The Hall–Kier alpha value is -4.20. The number of rotatable bonds is 11. The van der Waals surface area contributed by atoms with Gasteiger partial charge in [0.05, 0.1) is 6.54 Å². The molecule has 168 valence electrons. The van der Waals surface area contributed by atoms with Crippen molar-refractivity contribution in [2.45, 2.75) is 32.6 Å². The highest BCUT2D eigenvalue weighted by Crippen LogP contribution is 2.21. The summed E-state index contributed by atoms with van der Waals surface area (Å²) < 4.78 is 13.4. The van der Waals surface area contributed by atoms with Gasteiger partial charge in [-0.05, 0) is 36.2 Å². The second-order valence-electron chi connectivity index (χ2n) is 7.49. The Morgan fingerprint density at radius 1 is 0.879 bits per heavy atom. The first-order valence-corrected chi connectivity index (χ1v) is 10.6. The summed E-state index contributed by atoms with van der Waals surface area (Å²) in [5.74, 6) is 0.352. The minimum atomic E-state index is -0.858. The van der Waals surface area contributed by atoms with E-state index in [1.807, 2.05) is 54.7 Å². The van der Waals surface area contributed by atoms with Crippen molar-refractivity contribution in [2.75, 3.05) is 0 Å². The van der Waals surface area contributed by atoms with Gasteiger partial charge in [-0.2, -0.15) is 0 Å². The molecule has 8 nitrogen and oxygen atoms in total. The van der Waals surface area contributed by atoms with Gasteiger partial charge in [0.25, 0.3) is 0 Å². The molecule has 33 heavy (non-hydrogen) atoms. The molecule has 4 aromatic rings. The van der Waals surface area contributed by atoms with Crippen LogP contribution in [0.5, 0.6) is 11.6 Å². The van der Waals surface area contributed by atoms with Gasteiger partial charge in [0.1, 0.15) is 19.0 Å². The minimum Gasteiger partial charge on any atom is -0.489 e. The second kappa shape index (κ2) is 10.9. The van der Waals surface area contributed by atoms with Crippen molar-refractivity contribution < 1.29 is 19.4 Å². The Morgan fingerprint density at radius 3 is 2.15 bits per heavy atom. The van der Waals surface area contributed by atoms with Gasteiger partial charge < -0.3 is 14.6 Å². The average Bonchev–Trinajstić information content (AvgIpc) is 3.23. The number of carbonyl (C=O) groups is 1. The normalized spacial score (nSPS) is 10.7. The molecule has 8 heteroatoms. The Balaban J connectivity index is 1.40. The molecule has 1 aromatic carbocycles. The number of hydrogen-bond donors (Lipinski definition) is 1. The maximum atomic E-state index is 11.0. The van der Waals surface area contributed by atoms with Gasteiger partial charge in [-0.25, -0.2) is 0 Å². The summed E-state index contributed by atoms with van der Waals surface area (Å²) in [4.78, 5) is 19.2. The maximum absolute atomic E-state index is 11.0. The van der Waals surface area contributed by atoms with Gasteiger partial charge in [0.2, 0.25) is 5.88 Å². The zero-order valence-electron chi connectivity index (χ0n) is 18.0. The van der Waals surface area contributed by atoms with Crippen LogP contribution in [-0.2, 0) is 31.0 Å². The highest BCUT2D eigenvalue weighted by atomic mass is 16.5. The van der Waals surface area contributed by atoms with E-state index >= 15 is 0 Å². The van der Waals surface area contributed by atoms with Crippen LogP contribution in [0.4, 0.5) is 0 Å². The molecule has 1 N–H and O–H groups in total. The van der Waals surface area contributed by atoms with E-state index in [1.165, 1.54) is 0 Å². The van der Waals surface area contributed by atoms with E-state index in [0.29, 0.717) is 32.1 Å². The van der Waals surface area contributed by atoms with Crippen molar-refractivity contribution in [2.24, 2.45) is 0 Å². The van der Waals surface area contributed by atoms with E-state index in [4.69, 9.17) is 14.6 Å². The summed E-state index contributed by atoms with van der Waals surface area (Å²) in [7, 11) is 0. The zero-order valence-corrected chi connectivity index (χ0v) is 18.0. The topological polar surface area (TPSA) is 99.4 Å². The van der Waals surface area contributed by atoms with Crippen molar-refractivity contribution >= 4 is 5.97 Å². The molecule has 0 aliphatic rings. The summed E-state index contributed by atoms with van der Waals surface area (Å²) >= 11 is 0. The molecule has 0 bridgehead atoms. The number of nitrogens with zero attached hydrogens (tertiary/aromatic N) is 4. The third-order valence-electron chi connectivity index (χ3n) is 4.90. The monoisotopic (exact) mass is 444 g/mol. The molecule has 0 unspecified atom stereocenters. The van der Waals surface area contributed by atoms with Gasteiger partial charge in [0.15, 0.2) is 0 Å². The lowest BCUT2D eigenvalue weighted by molar-refractivity contribution is -0.136. The van der Waals surface area contributed by atoms with Crippen LogP contribution in [0.25, 0.3) is 0 Å². The van der Waals surface area contributed by atoms with Crippen molar-refractivity contribution in [3.63, 3.8) is 0 Å². The molecule has 0 saturated carbocycles. The molecule has 3 aromatic heterocycles. The third kappa shape index (κ3) is 6.64. The molecule has 0 saturated heterocycles. The standard InChI is InChI=1S/C25H24N4O4/c30-24(31)10-7-22-16-29(28-25(22)33-18-21-4-2-12-27-14-21)15-19-5-8-23(9-6-19)32-17-20-3-1-11-26-13-20/h1-6,8-9,11-14,16H,7,10,15,17-18H2,(H,30,31). The van der Waals surface area contributed by atoms with Crippen molar-refractivity contribution in [1.29, 1.82) is 0 Å². The maximum Gasteiger partial charge on any atom is 0.303 e. The van der Waals surface area contributed by atoms with Crippen molar-refractivity contribution in [3.05, 3.63) is 102 Å². The number of carboxylic acids is 1. The van der Waals surface area contributed by atoms with Crippen LogP contribution < -0.4 is 9.47 Å². The van der Waals surface area contributed by atoms with Gasteiger partial charge in [0, 0.05) is 54.1 Å². The van der Waals surface area contributed by atoms with Crippen molar-refractivity contribution in [3.8, 4) is 11.6 Å². The summed E-state index contributed by atoms with van der Waals surface area (Å²) in [5, 5.41) is 13.6. The summed E-state index contributed by atoms with van der Waals surface area (Å²) in [6.45, 7) is 1.30.